The Kier molecular flexibility index (Phi) is 4.49. The van der Waals surface area contributed by atoms with Gasteiger partial charge in [-0.05, 0) is 31.2 Å². The lowest BCUT2D eigenvalue weighted by molar-refractivity contribution is 0.852. The first-order chi connectivity index (χ1) is 13.2. The van der Waals surface area contributed by atoms with Crippen molar-refractivity contribution in [3.63, 3.8) is 0 Å². The highest BCUT2D eigenvalue weighted by Gasteiger charge is 2.19. The van der Waals surface area contributed by atoms with Gasteiger partial charge in [-0.15, -0.1) is 0 Å². The normalized spacial score (nSPS) is 11.5. The van der Waals surface area contributed by atoms with Crippen LogP contribution in [0.25, 0.3) is 16.9 Å². The number of benzene rings is 2. The zero-order valence-electron chi connectivity index (χ0n) is 14.8. The molecule has 4 rings (SSSR count). The molecule has 0 spiro atoms. The summed E-state index contributed by atoms with van der Waals surface area (Å²) in [5.41, 5.74) is 4.22. The van der Waals surface area contributed by atoms with Crippen LogP contribution in [0.3, 0.4) is 0 Å². The molecule has 27 heavy (non-hydrogen) atoms. The van der Waals surface area contributed by atoms with Gasteiger partial charge in [0.2, 0.25) is 0 Å². The van der Waals surface area contributed by atoms with E-state index in [0.29, 0.717) is 17.0 Å². The topological polar surface area (TPSA) is 63.0 Å². The number of nitrogens with one attached hydrogen (secondary N) is 1. The number of rotatable bonds is 4. The molecule has 2 heterocycles. The molecular weight excluding hydrogens is 336 g/mol. The van der Waals surface area contributed by atoms with Crippen LogP contribution in [0.1, 0.15) is 12.5 Å². The third-order valence-electron chi connectivity index (χ3n) is 4.27. The van der Waals surface area contributed by atoms with E-state index in [1.165, 1.54) is 0 Å². The zero-order chi connectivity index (χ0) is 18.6. The van der Waals surface area contributed by atoms with E-state index in [-0.39, 0.29) is 5.56 Å². The SMILES string of the molecule is CC(=Nc1cccnc1)c1c(-c2ccccc2)[nH]n(-c2ccccc2)c1=O. The van der Waals surface area contributed by atoms with Crippen molar-refractivity contribution in [2.75, 3.05) is 0 Å². The van der Waals surface area contributed by atoms with E-state index >= 15 is 0 Å². The lowest BCUT2D eigenvalue weighted by atomic mass is 10.1. The highest BCUT2D eigenvalue weighted by atomic mass is 16.1. The van der Waals surface area contributed by atoms with Crippen molar-refractivity contribution < 1.29 is 0 Å². The van der Waals surface area contributed by atoms with E-state index in [2.05, 4.69) is 15.1 Å². The van der Waals surface area contributed by atoms with Gasteiger partial charge in [-0.25, -0.2) is 4.68 Å². The van der Waals surface area contributed by atoms with Crippen LogP contribution >= 0.6 is 0 Å². The number of aliphatic imine (C=N–C) groups is 1. The first kappa shape index (κ1) is 16.7. The Morgan fingerprint density at radius 3 is 2.33 bits per heavy atom. The van der Waals surface area contributed by atoms with E-state index < -0.39 is 0 Å². The number of H-pyrrole nitrogens is 1. The molecule has 0 unspecified atom stereocenters. The third-order valence-corrected chi connectivity index (χ3v) is 4.27. The van der Waals surface area contributed by atoms with Crippen molar-refractivity contribution in [1.82, 2.24) is 14.8 Å². The van der Waals surface area contributed by atoms with Crippen molar-refractivity contribution in [3.8, 4) is 16.9 Å². The number of aromatic nitrogens is 3. The average molecular weight is 354 g/mol. The Balaban J connectivity index is 1.93. The van der Waals surface area contributed by atoms with Gasteiger partial charge in [0.1, 0.15) is 0 Å². The van der Waals surface area contributed by atoms with E-state index in [9.17, 15) is 4.79 Å². The monoisotopic (exact) mass is 354 g/mol. The molecule has 0 aliphatic heterocycles. The standard InChI is InChI=1S/C22H18N4O/c1-16(24-18-11-8-14-23-15-18)20-21(17-9-4-2-5-10-17)25-26(22(20)27)19-12-6-3-7-13-19/h2-15,25H,1H3. The number of nitrogens with zero attached hydrogens (tertiary/aromatic N) is 3. The molecule has 0 aliphatic rings. The summed E-state index contributed by atoms with van der Waals surface area (Å²) in [6.07, 6.45) is 3.37. The average Bonchev–Trinajstić information content (AvgIpc) is 3.07. The minimum absolute atomic E-state index is 0.134. The van der Waals surface area contributed by atoms with Crippen LogP contribution in [0.2, 0.25) is 0 Å². The van der Waals surface area contributed by atoms with Crippen LogP contribution in [-0.2, 0) is 0 Å². The fourth-order valence-electron chi connectivity index (χ4n) is 3.01. The van der Waals surface area contributed by atoms with Crippen LogP contribution in [0.4, 0.5) is 5.69 Å². The Labute approximate surface area is 156 Å². The third kappa shape index (κ3) is 3.35. The molecule has 0 radical (unpaired) electrons. The van der Waals surface area contributed by atoms with Crippen molar-refractivity contribution in [3.05, 3.63) is 101 Å². The molecule has 2 aromatic carbocycles. The van der Waals surface area contributed by atoms with Gasteiger partial charge in [-0.2, -0.15) is 0 Å². The quantitative estimate of drug-likeness (QED) is 0.553. The second-order valence-electron chi connectivity index (χ2n) is 6.11. The summed E-state index contributed by atoms with van der Waals surface area (Å²) in [6.45, 7) is 1.85. The maximum Gasteiger partial charge on any atom is 0.280 e. The van der Waals surface area contributed by atoms with Gasteiger partial charge >= 0.3 is 0 Å². The van der Waals surface area contributed by atoms with Crippen molar-refractivity contribution >= 4 is 11.4 Å². The lowest BCUT2D eigenvalue weighted by Crippen LogP contribution is -2.19. The Morgan fingerprint density at radius 2 is 1.67 bits per heavy atom. The van der Waals surface area contributed by atoms with E-state index in [4.69, 9.17) is 0 Å². The molecule has 5 nitrogen and oxygen atoms in total. The molecule has 2 aromatic heterocycles. The van der Waals surface area contributed by atoms with Gasteiger partial charge in [0, 0.05) is 11.8 Å². The Bertz CT molecular complexity index is 1130. The van der Waals surface area contributed by atoms with Crippen molar-refractivity contribution in [1.29, 1.82) is 0 Å². The first-order valence-corrected chi connectivity index (χ1v) is 8.65. The van der Waals surface area contributed by atoms with Crippen LogP contribution in [0.5, 0.6) is 0 Å². The summed E-state index contributed by atoms with van der Waals surface area (Å²) in [7, 11) is 0. The molecule has 0 saturated carbocycles. The predicted molar refractivity (Wildman–Crippen MR) is 108 cm³/mol. The number of hydrogen-bond acceptors (Lipinski definition) is 3. The number of hydrogen-bond donors (Lipinski definition) is 1. The van der Waals surface area contributed by atoms with Gasteiger partial charge in [0.05, 0.1) is 34.5 Å². The molecule has 0 bridgehead atoms. The zero-order valence-corrected chi connectivity index (χ0v) is 14.8. The highest BCUT2D eigenvalue weighted by molar-refractivity contribution is 6.04. The first-order valence-electron chi connectivity index (χ1n) is 8.65. The van der Waals surface area contributed by atoms with Gasteiger partial charge < -0.3 is 0 Å². The van der Waals surface area contributed by atoms with Gasteiger partial charge in [-0.1, -0.05) is 48.5 Å². The van der Waals surface area contributed by atoms with Gasteiger partial charge in [0.15, 0.2) is 0 Å². The second-order valence-corrected chi connectivity index (χ2v) is 6.11. The minimum Gasteiger partial charge on any atom is -0.290 e. The minimum atomic E-state index is -0.134. The molecule has 0 fully saturated rings. The smallest absolute Gasteiger partial charge is 0.280 e. The van der Waals surface area contributed by atoms with E-state index in [1.807, 2.05) is 79.7 Å². The lowest BCUT2D eigenvalue weighted by Gasteiger charge is -2.03. The van der Waals surface area contributed by atoms with Crippen molar-refractivity contribution in [2.24, 2.45) is 4.99 Å². The summed E-state index contributed by atoms with van der Waals surface area (Å²) in [5, 5.41) is 3.26. The molecular formula is C22H18N4O. The van der Waals surface area contributed by atoms with Crippen LogP contribution in [0.15, 0.2) is 95.0 Å². The molecule has 0 aliphatic carbocycles. The second kappa shape index (κ2) is 7.25. The maximum absolute atomic E-state index is 13.2. The molecule has 5 heteroatoms. The highest BCUT2D eigenvalue weighted by Crippen LogP contribution is 2.22. The van der Waals surface area contributed by atoms with E-state index in [1.54, 1.807) is 17.1 Å². The fourth-order valence-corrected chi connectivity index (χ4v) is 3.01. The summed E-state index contributed by atoms with van der Waals surface area (Å²) in [5.74, 6) is 0. The van der Waals surface area contributed by atoms with Crippen LogP contribution < -0.4 is 5.56 Å². The van der Waals surface area contributed by atoms with Gasteiger partial charge in [0.25, 0.3) is 5.56 Å². The molecule has 0 amide bonds. The Morgan fingerprint density at radius 1 is 0.963 bits per heavy atom. The molecule has 0 atom stereocenters. The largest absolute Gasteiger partial charge is 0.290 e. The van der Waals surface area contributed by atoms with E-state index in [0.717, 1.165) is 16.9 Å². The molecule has 4 aromatic rings. The summed E-state index contributed by atoms with van der Waals surface area (Å²) < 4.78 is 1.56. The van der Waals surface area contributed by atoms with Crippen LogP contribution in [-0.4, -0.2) is 20.5 Å². The van der Waals surface area contributed by atoms with Gasteiger partial charge in [-0.3, -0.25) is 19.9 Å². The summed E-state index contributed by atoms with van der Waals surface area (Å²) in [6, 6.07) is 23.0. The molecule has 132 valence electrons. The number of pyridine rings is 1. The summed E-state index contributed by atoms with van der Waals surface area (Å²) >= 11 is 0. The molecule has 0 saturated heterocycles. The molecule has 1 N–H and O–H groups in total. The fraction of sp³-hybridized carbons (Fsp3) is 0.0455. The summed E-state index contributed by atoms with van der Waals surface area (Å²) in [4.78, 5) is 21.9. The number of para-hydroxylation sites is 1. The predicted octanol–water partition coefficient (Wildman–Crippen LogP) is 4.37. The maximum atomic E-state index is 13.2. The van der Waals surface area contributed by atoms with Crippen LogP contribution in [0, 0.1) is 0 Å². The Hall–Kier alpha value is -3.73. The number of aromatic amines is 1. The van der Waals surface area contributed by atoms with Crippen molar-refractivity contribution in [2.45, 2.75) is 6.92 Å².